The fourth-order valence-corrected chi connectivity index (χ4v) is 3.95. The third-order valence-electron chi connectivity index (χ3n) is 5.48. The van der Waals surface area contributed by atoms with E-state index < -0.39 is 0 Å². The molecule has 7 nitrogen and oxygen atoms in total. The number of aryl methyl sites for hydroxylation is 1. The SMILES string of the molecule is Cc1nn(-c2ncccn2)c2c1C(c1ccc(OCc3ccccc3F)cc1)CC(=O)N2. The highest BCUT2D eigenvalue weighted by Crippen LogP contribution is 2.40. The van der Waals surface area contributed by atoms with Gasteiger partial charge in [0.25, 0.3) is 5.95 Å². The molecule has 0 radical (unpaired) electrons. The zero-order chi connectivity index (χ0) is 22.1. The number of carbonyl (C=O) groups is 1. The maximum atomic E-state index is 13.8. The fourth-order valence-electron chi connectivity index (χ4n) is 3.95. The summed E-state index contributed by atoms with van der Waals surface area (Å²) in [6, 6.07) is 15.8. The second-order valence-electron chi connectivity index (χ2n) is 7.56. The van der Waals surface area contributed by atoms with Crippen molar-refractivity contribution >= 4 is 11.7 Å². The molecule has 8 heteroatoms. The lowest BCUT2D eigenvalue weighted by molar-refractivity contribution is -0.116. The summed E-state index contributed by atoms with van der Waals surface area (Å²) in [4.78, 5) is 21.0. The molecule has 1 atom stereocenters. The van der Waals surface area contributed by atoms with Crippen LogP contribution in [0.1, 0.15) is 34.7 Å². The number of hydrogen-bond acceptors (Lipinski definition) is 5. The minimum Gasteiger partial charge on any atom is -0.489 e. The summed E-state index contributed by atoms with van der Waals surface area (Å²) in [7, 11) is 0. The van der Waals surface area contributed by atoms with Crippen LogP contribution in [0.3, 0.4) is 0 Å². The molecule has 1 aliphatic rings. The van der Waals surface area contributed by atoms with Crippen molar-refractivity contribution < 1.29 is 13.9 Å². The summed E-state index contributed by atoms with van der Waals surface area (Å²) in [5.41, 5.74) is 3.21. The lowest BCUT2D eigenvalue weighted by Crippen LogP contribution is -2.25. The molecule has 3 heterocycles. The van der Waals surface area contributed by atoms with Crippen LogP contribution in [-0.4, -0.2) is 25.7 Å². The Morgan fingerprint density at radius 2 is 1.84 bits per heavy atom. The highest BCUT2D eigenvalue weighted by Gasteiger charge is 2.33. The zero-order valence-electron chi connectivity index (χ0n) is 17.3. The summed E-state index contributed by atoms with van der Waals surface area (Å²) in [5.74, 6) is 1.07. The van der Waals surface area contributed by atoms with E-state index in [0.717, 1.165) is 16.8 Å². The molecule has 0 saturated carbocycles. The fraction of sp³-hybridized carbons (Fsp3) is 0.167. The van der Waals surface area contributed by atoms with Crippen LogP contribution >= 0.6 is 0 Å². The quantitative estimate of drug-likeness (QED) is 0.515. The van der Waals surface area contributed by atoms with Crippen molar-refractivity contribution in [3.63, 3.8) is 0 Å². The second kappa shape index (κ2) is 8.22. The monoisotopic (exact) mass is 429 g/mol. The molecule has 0 fully saturated rings. The Morgan fingerprint density at radius 3 is 2.59 bits per heavy atom. The number of rotatable bonds is 5. The molecule has 1 aliphatic heterocycles. The van der Waals surface area contributed by atoms with E-state index in [1.54, 1.807) is 41.3 Å². The number of fused-ring (bicyclic) bond motifs is 1. The van der Waals surface area contributed by atoms with E-state index in [2.05, 4.69) is 20.4 Å². The maximum absolute atomic E-state index is 13.8. The number of halogens is 1. The van der Waals surface area contributed by atoms with Crippen molar-refractivity contribution in [1.82, 2.24) is 19.7 Å². The first-order chi connectivity index (χ1) is 15.6. The molecule has 0 aliphatic carbocycles. The van der Waals surface area contributed by atoms with Gasteiger partial charge in [-0.05, 0) is 36.8 Å². The van der Waals surface area contributed by atoms with Crippen molar-refractivity contribution in [3.8, 4) is 11.7 Å². The van der Waals surface area contributed by atoms with Crippen LogP contribution in [0.4, 0.5) is 10.2 Å². The Morgan fingerprint density at radius 1 is 1.09 bits per heavy atom. The maximum Gasteiger partial charge on any atom is 0.252 e. The molecule has 32 heavy (non-hydrogen) atoms. The van der Waals surface area contributed by atoms with Crippen molar-refractivity contribution in [1.29, 1.82) is 0 Å². The highest BCUT2D eigenvalue weighted by atomic mass is 19.1. The normalized spacial score (nSPS) is 15.2. The van der Waals surface area contributed by atoms with Crippen LogP contribution in [-0.2, 0) is 11.4 Å². The molecule has 1 N–H and O–H groups in total. The minimum atomic E-state index is -0.292. The summed E-state index contributed by atoms with van der Waals surface area (Å²) in [5, 5.41) is 7.50. The molecule has 4 aromatic rings. The van der Waals surface area contributed by atoms with Gasteiger partial charge in [0.2, 0.25) is 5.91 Å². The van der Waals surface area contributed by atoms with Crippen LogP contribution < -0.4 is 10.1 Å². The van der Waals surface area contributed by atoms with Gasteiger partial charge in [-0.15, -0.1) is 0 Å². The number of anilines is 1. The van der Waals surface area contributed by atoms with Gasteiger partial charge < -0.3 is 10.1 Å². The zero-order valence-corrected chi connectivity index (χ0v) is 17.3. The van der Waals surface area contributed by atoms with E-state index in [4.69, 9.17) is 4.74 Å². The second-order valence-corrected chi connectivity index (χ2v) is 7.56. The van der Waals surface area contributed by atoms with Gasteiger partial charge in [0, 0.05) is 35.9 Å². The number of hydrogen-bond donors (Lipinski definition) is 1. The van der Waals surface area contributed by atoms with Gasteiger partial charge in [0.05, 0.1) is 5.69 Å². The molecule has 2 aromatic carbocycles. The van der Waals surface area contributed by atoms with Gasteiger partial charge in [-0.3, -0.25) is 4.79 Å². The number of amides is 1. The first kappa shape index (κ1) is 19.9. The number of nitrogens with one attached hydrogen (secondary N) is 1. The number of aromatic nitrogens is 4. The van der Waals surface area contributed by atoms with E-state index in [0.29, 0.717) is 29.5 Å². The third kappa shape index (κ3) is 3.71. The topological polar surface area (TPSA) is 81.9 Å². The minimum absolute atomic E-state index is 0.0977. The molecule has 0 bridgehead atoms. The van der Waals surface area contributed by atoms with E-state index in [1.165, 1.54) is 6.07 Å². The van der Waals surface area contributed by atoms with Gasteiger partial charge in [0.1, 0.15) is 24.0 Å². The Labute approximate surface area is 183 Å². The van der Waals surface area contributed by atoms with Crippen LogP contribution in [0.15, 0.2) is 67.0 Å². The lowest BCUT2D eigenvalue weighted by Gasteiger charge is -2.24. The van der Waals surface area contributed by atoms with Crippen LogP contribution in [0.2, 0.25) is 0 Å². The predicted octanol–water partition coefficient (Wildman–Crippen LogP) is 4.16. The predicted molar refractivity (Wildman–Crippen MR) is 116 cm³/mol. The van der Waals surface area contributed by atoms with Gasteiger partial charge in [0.15, 0.2) is 0 Å². The summed E-state index contributed by atoms with van der Waals surface area (Å²) < 4.78 is 21.1. The smallest absolute Gasteiger partial charge is 0.252 e. The number of carbonyl (C=O) groups excluding carboxylic acids is 1. The molecule has 1 amide bonds. The molecule has 2 aromatic heterocycles. The molecule has 5 rings (SSSR count). The largest absolute Gasteiger partial charge is 0.489 e. The average Bonchev–Trinajstić information content (AvgIpc) is 3.15. The highest BCUT2D eigenvalue weighted by molar-refractivity contribution is 5.95. The summed E-state index contributed by atoms with van der Waals surface area (Å²) in [6.07, 6.45) is 3.58. The number of nitrogens with zero attached hydrogens (tertiary/aromatic N) is 4. The first-order valence-electron chi connectivity index (χ1n) is 10.2. The van der Waals surface area contributed by atoms with Crippen molar-refractivity contribution in [2.45, 2.75) is 25.9 Å². The molecule has 0 spiro atoms. The Hall–Kier alpha value is -4.07. The first-order valence-corrected chi connectivity index (χ1v) is 10.2. The van der Waals surface area contributed by atoms with Crippen LogP contribution in [0.25, 0.3) is 5.95 Å². The van der Waals surface area contributed by atoms with Crippen molar-refractivity contribution in [2.75, 3.05) is 5.32 Å². The average molecular weight is 429 g/mol. The van der Waals surface area contributed by atoms with Crippen molar-refractivity contribution in [3.05, 3.63) is 95.2 Å². The molecule has 0 saturated heterocycles. The van der Waals surface area contributed by atoms with Gasteiger partial charge in [-0.2, -0.15) is 9.78 Å². The van der Waals surface area contributed by atoms with E-state index in [-0.39, 0.29) is 24.2 Å². The lowest BCUT2D eigenvalue weighted by atomic mass is 9.86. The van der Waals surface area contributed by atoms with Gasteiger partial charge >= 0.3 is 0 Å². The Balaban J connectivity index is 1.42. The van der Waals surface area contributed by atoms with E-state index in [1.807, 2.05) is 31.2 Å². The van der Waals surface area contributed by atoms with Crippen molar-refractivity contribution in [2.24, 2.45) is 0 Å². The van der Waals surface area contributed by atoms with Crippen LogP contribution in [0, 0.1) is 12.7 Å². The van der Waals surface area contributed by atoms with E-state index in [9.17, 15) is 9.18 Å². The van der Waals surface area contributed by atoms with Gasteiger partial charge in [-0.1, -0.05) is 30.3 Å². The number of benzene rings is 2. The summed E-state index contributed by atoms with van der Waals surface area (Å²) >= 11 is 0. The molecular weight excluding hydrogens is 409 g/mol. The number of ether oxygens (including phenoxy) is 1. The third-order valence-corrected chi connectivity index (χ3v) is 5.48. The Bertz CT molecular complexity index is 1270. The summed E-state index contributed by atoms with van der Waals surface area (Å²) in [6.45, 7) is 2.06. The molecule has 1 unspecified atom stereocenters. The van der Waals surface area contributed by atoms with Crippen LogP contribution in [0.5, 0.6) is 5.75 Å². The van der Waals surface area contributed by atoms with Gasteiger partial charge in [-0.25, -0.2) is 14.4 Å². The standard InChI is InChI=1S/C24H20FN5O2/c1-15-22-19(13-21(31)28-23(22)30(29-15)24-26-11-4-12-27-24)16-7-9-18(10-8-16)32-14-17-5-2-3-6-20(17)25/h2-12,19H,13-14H2,1H3,(H,28,31). The van der Waals surface area contributed by atoms with E-state index >= 15 is 0 Å². The molecule has 160 valence electrons. The Kier molecular flexibility index (Phi) is 5.10. The molecular formula is C24H20FN5O2.